The van der Waals surface area contributed by atoms with Gasteiger partial charge in [-0.05, 0) is 52.3 Å². The van der Waals surface area contributed by atoms with E-state index in [1.807, 2.05) is 0 Å². The molecule has 1 fully saturated rings. The topological polar surface area (TPSA) is 23.5 Å². The van der Waals surface area contributed by atoms with Gasteiger partial charge in [-0.3, -0.25) is 0 Å². The predicted octanol–water partition coefficient (Wildman–Crippen LogP) is 2.69. The van der Waals surface area contributed by atoms with E-state index in [-0.39, 0.29) is 0 Å². The van der Waals surface area contributed by atoms with Crippen LogP contribution in [0.2, 0.25) is 0 Å². The summed E-state index contributed by atoms with van der Waals surface area (Å²) in [4.78, 5) is 2.32. The molecule has 1 unspecified atom stereocenters. The third-order valence-electron chi connectivity index (χ3n) is 3.96. The number of nitrogens with zero attached hydrogens (tertiary/aromatic N) is 1. The third-order valence-corrected chi connectivity index (χ3v) is 3.96. The monoisotopic (exact) mass is 247 g/mol. The largest absolute Gasteiger partial charge is 0.389 e. The molecule has 100 valence electrons. The van der Waals surface area contributed by atoms with Gasteiger partial charge in [0.1, 0.15) is 0 Å². The maximum Gasteiger partial charge on any atom is 0.0700 e. The number of rotatable bonds is 2. The Balaban J connectivity index is 2.11. The molecule has 1 N–H and O–H groups in total. The highest BCUT2D eigenvalue weighted by Gasteiger charge is 2.29. The van der Waals surface area contributed by atoms with Crippen LogP contribution in [-0.4, -0.2) is 35.7 Å². The highest BCUT2D eigenvalue weighted by molar-refractivity contribution is 5.29. The fourth-order valence-electron chi connectivity index (χ4n) is 3.04. The van der Waals surface area contributed by atoms with E-state index in [0.29, 0.717) is 0 Å². The van der Waals surface area contributed by atoms with Crippen LogP contribution in [0, 0.1) is 13.8 Å². The van der Waals surface area contributed by atoms with Crippen molar-refractivity contribution in [3.05, 3.63) is 34.9 Å². The van der Waals surface area contributed by atoms with Gasteiger partial charge in [-0.25, -0.2) is 0 Å². The fraction of sp³-hybridized carbons (Fsp3) is 0.625. The van der Waals surface area contributed by atoms with Crippen molar-refractivity contribution < 1.29 is 5.11 Å². The van der Waals surface area contributed by atoms with E-state index < -0.39 is 5.60 Å². The second-order valence-electron chi connectivity index (χ2n) is 6.05. The number of aliphatic hydroxyl groups is 1. The molecule has 0 bridgehead atoms. The normalized spacial score (nSPS) is 26.0. The van der Waals surface area contributed by atoms with Gasteiger partial charge in [-0.1, -0.05) is 29.3 Å². The van der Waals surface area contributed by atoms with Crippen LogP contribution in [0.4, 0.5) is 0 Å². The van der Waals surface area contributed by atoms with Crippen LogP contribution in [0.5, 0.6) is 0 Å². The molecule has 1 aromatic carbocycles. The summed E-state index contributed by atoms with van der Waals surface area (Å²) in [5.41, 5.74) is 3.35. The maximum absolute atomic E-state index is 10.8. The molecule has 0 aliphatic carbocycles. The zero-order valence-corrected chi connectivity index (χ0v) is 11.9. The van der Waals surface area contributed by atoms with E-state index in [4.69, 9.17) is 0 Å². The molecule has 1 aliphatic heterocycles. The molecule has 2 rings (SSSR count). The summed E-state index contributed by atoms with van der Waals surface area (Å²) in [5, 5.41) is 10.8. The molecule has 0 saturated carbocycles. The van der Waals surface area contributed by atoms with Crippen molar-refractivity contribution in [1.82, 2.24) is 4.90 Å². The Morgan fingerprint density at radius 1 is 1.11 bits per heavy atom. The minimum absolute atomic E-state index is 0.509. The number of likely N-dealkylation sites (tertiary alicyclic amines) is 1. The fourth-order valence-corrected chi connectivity index (χ4v) is 3.04. The molecule has 2 nitrogen and oxygen atoms in total. The number of hydrogen-bond acceptors (Lipinski definition) is 2. The first-order valence-electron chi connectivity index (χ1n) is 6.95. The number of hydrogen-bond donors (Lipinski definition) is 1. The SMILES string of the molecule is Cc1cc(C)cc(CC2(O)CCCN(C)CC2)c1. The average molecular weight is 247 g/mol. The van der Waals surface area contributed by atoms with Crippen LogP contribution in [0.15, 0.2) is 18.2 Å². The van der Waals surface area contributed by atoms with E-state index in [0.717, 1.165) is 38.8 Å². The first kappa shape index (κ1) is 13.6. The highest BCUT2D eigenvalue weighted by Crippen LogP contribution is 2.26. The van der Waals surface area contributed by atoms with E-state index >= 15 is 0 Å². The van der Waals surface area contributed by atoms with E-state index in [1.165, 1.54) is 16.7 Å². The maximum atomic E-state index is 10.8. The van der Waals surface area contributed by atoms with Gasteiger partial charge < -0.3 is 10.0 Å². The summed E-state index contributed by atoms with van der Waals surface area (Å²) < 4.78 is 0. The summed E-state index contributed by atoms with van der Waals surface area (Å²) in [7, 11) is 2.14. The van der Waals surface area contributed by atoms with Crippen molar-refractivity contribution in [3.63, 3.8) is 0 Å². The van der Waals surface area contributed by atoms with Crippen molar-refractivity contribution in [3.8, 4) is 0 Å². The summed E-state index contributed by atoms with van der Waals surface area (Å²) >= 11 is 0. The molecular formula is C16H25NO. The Labute approximate surface area is 111 Å². The molecule has 0 radical (unpaired) electrons. The van der Waals surface area contributed by atoms with Crippen LogP contribution in [0.3, 0.4) is 0 Å². The molecular weight excluding hydrogens is 222 g/mol. The van der Waals surface area contributed by atoms with Gasteiger partial charge in [0.25, 0.3) is 0 Å². The van der Waals surface area contributed by atoms with Crippen molar-refractivity contribution in [2.45, 2.75) is 45.1 Å². The van der Waals surface area contributed by atoms with E-state index in [9.17, 15) is 5.11 Å². The summed E-state index contributed by atoms with van der Waals surface area (Å²) in [6.07, 6.45) is 3.70. The Hall–Kier alpha value is -0.860. The molecule has 1 heterocycles. The van der Waals surface area contributed by atoms with Gasteiger partial charge in [-0.2, -0.15) is 0 Å². The van der Waals surface area contributed by atoms with Gasteiger partial charge in [0.2, 0.25) is 0 Å². The van der Waals surface area contributed by atoms with Crippen molar-refractivity contribution in [1.29, 1.82) is 0 Å². The van der Waals surface area contributed by atoms with Gasteiger partial charge in [-0.15, -0.1) is 0 Å². The van der Waals surface area contributed by atoms with Crippen molar-refractivity contribution in [2.24, 2.45) is 0 Å². The van der Waals surface area contributed by atoms with Crippen LogP contribution < -0.4 is 0 Å². The second kappa shape index (κ2) is 5.41. The molecule has 0 spiro atoms. The van der Waals surface area contributed by atoms with Crippen LogP contribution in [-0.2, 0) is 6.42 Å². The lowest BCUT2D eigenvalue weighted by atomic mass is 9.87. The van der Waals surface area contributed by atoms with Gasteiger partial charge in [0, 0.05) is 13.0 Å². The molecule has 18 heavy (non-hydrogen) atoms. The van der Waals surface area contributed by atoms with Gasteiger partial charge >= 0.3 is 0 Å². The number of benzene rings is 1. The summed E-state index contributed by atoms with van der Waals surface area (Å²) in [5.74, 6) is 0. The smallest absolute Gasteiger partial charge is 0.0700 e. The Morgan fingerprint density at radius 2 is 1.78 bits per heavy atom. The molecule has 1 saturated heterocycles. The lowest BCUT2D eigenvalue weighted by molar-refractivity contribution is 0.0263. The third kappa shape index (κ3) is 3.56. The Bertz CT molecular complexity index is 395. The predicted molar refractivity (Wildman–Crippen MR) is 75.9 cm³/mol. The van der Waals surface area contributed by atoms with Gasteiger partial charge in [0.05, 0.1) is 5.60 Å². The minimum atomic E-state index is -0.509. The first-order valence-corrected chi connectivity index (χ1v) is 6.95. The first-order chi connectivity index (χ1) is 8.47. The lowest BCUT2D eigenvalue weighted by Gasteiger charge is -2.27. The quantitative estimate of drug-likeness (QED) is 0.868. The van der Waals surface area contributed by atoms with Crippen LogP contribution in [0.1, 0.15) is 36.0 Å². The highest BCUT2D eigenvalue weighted by atomic mass is 16.3. The average Bonchev–Trinajstić information content (AvgIpc) is 2.39. The molecule has 0 amide bonds. The minimum Gasteiger partial charge on any atom is -0.389 e. The zero-order chi connectivity index (χ0) is 13.2. The standard InChI is InChI=1S/C16H25NO/c1-13-9-14(2)11-15(10-13)12-16(18)5-4-7-17(3)8-6-16/h9-11,18H,4-8,12H2,1-3H3. The summed E-state index contributed by atoms with van der Waals surface area (Å²) in [6, 6.07) is 6.60. The molecule has 1 aliphatic rings. The van der Waals surface area contributed by atoms with E-state index in [2.05, 4.69) is 44.0 Å². The molecule has 1 aromatic rings. The molecule has 2 heteroatoms. The van der Waals surface area contributed by atoms with Crippen LogP contribution >= 0.6 is 0 Å². The van der Waals surface area contributed by atoms with Crippen LogP contribution in [0.25, 0.3) is 0 Å². The van der Waals surface area contributed by atoms with Crippen molar-refractivity contribution >= 4 is 0 Å². The number of aryl methyl sites for hydroxylation is 2. The Morgan fingerprint density at radius 3 is 2.44 bits per heavy atom. The Kier molecular flexibility index (Phi) is 4.08. The van der Waals surface area contributed by atoms with E-state index in [1.54, 1.807) is 0 Å². The molecule has 1 atom stereocenters. The van der Waals surface area contributed by atoms with Crippen molar-refractivity contribution in [2.75, 3.05) is 20.1 Å². The second-order valence-corrected chi connectivity index (χ2v) is 6.05. The molecule has 0 aromatic heterocycles. The zero-order valence-electron chi connectivity index (χ0n) is 11.9. The van der Waals surface area contributed by atoms with Gasteiger partial charge in [0.15, 0.2) is 0 Å². The summed E-state index contributed by atoms with van der Waals surface area (Å²) in [6.45, 7) is 6.36. The lowest BCUT2D eigenvalue weighted by Crippen LogP contribution is -2.32.